The van der Waals surface area contributed by atoms with Gasteiger partial charge in [-0.25, -0.2) is 9.59 Å². The molecule has 110 valence electrons. The molecule has 2 atom stereocenters. The minimum absolute atomic E-state index is 0.311. The Hall–Kier alpha value is -1.79. The zero-order valence-corrected chi connectivity index (χ0v) is 11.9. The summed E-state index contributed by atoms with van der Waals surface area (Å²) in [6.07, 6.45) is 0.931. The fraction of sp³-hybridized carbons (Fsp3) is 0.750. The molecule has 0 spiro atoms. The summed E-state index contributed by atoms with van der Waals surface area (Å²) in [6.45, 7) is 7.04. The predicted octanol–water partition coefficient (Wildman–Crippen LogP) is 0.454. The van der Waals surface area contributed by atoms with Gasteiger partial charge in [0.05, 0.1) is 0 Å². The number of nitrogens with one attached hydrogen (secondary N) is 3. The van der Waals surface area contributed by atoms with Crippen molar-refractivity contribution in [2.75, 3.05) is 6.54 Å². The molecule has 0 rings (SSSR count). The van der Waals surface area contributed by atoms with Gasteiger partial charge in [-0.2, -0.15) is 0 Å². The quantitative estimate of drug-likeness (QED) is 0.540. The standard InChI is InChI=1S/C12H23N3O4/c1-5-7-12(4,10(17)18)15-11(19)14-8(3)9(16)13-6-2/h8H,5-7H2,1-4H3,(H,13,16)(H,17,18)(H2,14,15,19). The lowest BCUT2D eigenvalue weighted by atomic mass is 9.96. The third-order valence-electron chi connectivity index (χ3n) is 2.70. The van der Waals surface area contributed by atoms with Crippen LogP contribution >= 0.6 is 0 Å². The maximum Gasteiger partial charge on any atom is 0.329 e. The van der Waals surface area contributed by atoms with Gasteiger partial charge in [0.15, 0.2) is 0 Å². The first-order valence-corrected chi connectivity index (χ1v) is 6.36. The largest absolute Gasteiger partial charge is 0.480 e. The number of urea groups is 1. The Morgan fingerprint density at radius 2 is 1.84 bits per heavy atom. The first-order chi connectivity index (χ1) is 8.76. The lowest BCUT2D eigenvalue weighted by Gasteiger charge is -2.26. The Labute approximate surface area is 113 Å². The van der Waals surface area contributed by atoms with Gasteiger partial charge in [0.2, 0.25) is 5.91 Å². The predicted molar refractivity (Wildman–Crippen MR) is 70.8 cm³/mol. The summed E-state index contributed by atoms with van der Waals surface area (Å²) in [5.74, 6) is -1.42. The molecule has 2 unspecified atom stereocenters. The average Bonchev–Trinajstić information content (AvgIpc) is 2.28. The van der Waals surface area contributed by atoms with Crippen LogP contribution in [-0.2, 0) is 9.59 Å². The smallest absolute Gasteiger partial charge is 0.329 e. The molecule has 0 heterocycles. The normalized spacial score (nSPS) is 14.9. The van der Waals surface area contributed by atoms with Crippen LogP contribution in [0.2, 0.25) is 0 Å². The number of likely N-dealkylation sites (N-methyl/N-ethyl adjacent to an activating group) is 1. The van der Waals surface area contributed by atoms with E-state index in [1.807, 2.05) is 6.92 Å². The van der Waals surface area contributed by atoms with E-state index in [1.54, 1.807) is 6.92 Å². The van der Waals surface area contributed by atoms with Crippen molar-refractivity contribution in [1.82, 2.24) is 16.0 Å². The molecule has 3 amide bonds. The number of carbonyl (C=O) groups is 3. The highest BCUT2D eigenvalue weighted by Crippen LogP contribution is 2.12. The molecule has 7 heteroatoms. The van der Waals surface area contributed by atoms with E-state index in [1.165, 1.54) is 13.8 Å². The molecule has 7 nitrogen and oxygen atoms in total. The van der Waals surface area contributed by atoms with Crippen molar-refractivity contribution in [3.8, 4) is 0 Å². The summed E-state index contributed by atoms with van der Waals surface area (Å²) in [5.41, 5.74) is -1.33. The Kier molecular flexibility index (Phi) is 6.89. The maximum absolute atomic E-state index is 11.7. The minimum atomic E-state index is -1.33. The molecule has 0 aromatic heterocycles. The number of amides is 3. The van der Waals surface area contributed by atoms with Crippen LogP contribution in [0.5, 0.6) is 0 Å². The summed E-state index contributed by atoms with van der Waals surface area (Å²) >= 11 is 0. The van der Waals surface area contributed by atoms with Crippen LogP contribution in [0.1, 0.15) is 40.5 Å². The summed E-state index contributed by atoms with van der Waals surface area (Å²) in [6, 6.07) is -1.39. The topological polar surface area (TPSA) is 108 Å². The van der Waals surface area contributed by atoms with Gasteiger partial charge in [-0.3, -0.25) is 4.79 Å². The van der Waals surface area contributed by atoms with E-state index in [0.717, 1.165) is 0 Å². The van der Waals surface area contributed by atoms with Crippen molar-refractivity contribution in [2.45, 2.75) is 52.1 Å². The third kappa shape index (κ3) is 5.58. The third-order valence-corrected chi connectivity index (χ3v) is 2.70. The highest BCUT2D eigenvalue weighted by Gasteiger charge is 2.34. The van der Waals surface area contributed by atoms with Crippen LogP contribution in [0.4, 0.5) is 4.79 Å². The monoisotopic (exact) mass is 273 g/mol. The number of carboxylic acids is 1. The fourth-order valence-corrected chi connectivity index (χ4v) is 1.60. The highest BCUT2D eigenvalue weighted by atomic mass is 16.4. The molecule has 0 aliphatic rings. The Morgan fingerprint density at radius 1 is 1.26 bits per heavy atom. The molecule has 0 saturated carbocycles. The highest BCUT2D eigenvalue weighted by molar-refractivity contribution is 5.89. The van der Waals surface area contributed by atoms with Crippen molar-refractivity contribution >= 4 is 17.9 Å². The molecule has 0 aliphatic carbocycles. The molecule has 0 aliphatic heterocycles. The first-order valence-electron chi connectivity index (χ1n) is 6.36. The van der Waals surface area contributed by atoms with Gasteiger partial charge >= 0.3 is 12.0 Å². The molecule has 0 saturated heterocycles. The van der Waals surface area contributed by atoms with E-state index in [-0.39, 0.29) is 5.91 Å². The number of hydrogen-bond donors (Lipinski definition) is 4. The van der Waals surface area contributed by atoms with Gasteiger partial charge in [0.25, 0.3) is 0 Å². The zero-order chi connectivity index (χ0) is 15.1. The van der Waals surface area contributed by atoms with Crippen molar-refractivity contribution in [1.29, 1.82) is 0 Å². The first kappa shape index (κ1) is 17.2. The lowest BCUT2D eigenvalue weighted by molar-refractivity contribution is -0.144. The number of aliphatic carboxylic acids is 1. The molecular weight excluding hydrogens is 250 g/mol. The molecule has 0 radical (unpaired) electrons. The van der Waals surface area contributed by atoms with Crippen molar-refractivity contribution in [2.24, 2.45) is 0 Å². The second-order valence-corrected chi connectivity index (χ2v) is 4.60. The Balaban J connectivity index is 4.51. The molecular formula is C12H23N3O4. The SMILES string of the molecule is CCCC(C)(NC(=O)NC(C)C(=O)NCC)C(=O)O. The second kappa shape index (κ2) is 7.60. The van der Waals surface area contributed by atoms with Gasteiger partial charge in [-0.1, -0.05) is 13.3 Å². The van der Waals surface area contributed by atoms with Crippen LogP contribution in [-0.4, -0.2) is 41.1 Å². The van der Waals surface area contributed by atoms with Crippen molar-refractivity contribution in [3.05, 3.63) is 0 Å². The van der Waals surface area contributed by atoms with Crippen LogP contribution in [0, 0.1) is 0 Å². The number of carbonyl (C=O) groups excluding carboxylic acids is 2. The van der Waals surface area contributed by atoms with Gasteiger partial charge in [-0.15, -0.1) is 0 Å². The molecule has 0 aromatic carbocycles. The minimum Gasteiger partial charge on any atom is -0.480 e. The Morgan fingerprint density at radius 3 is 2.26 bits per heavy atom. The van der Waals surface area contributed by atoms with Gasteiger partial charge in [0, 0.05) is 6.54 Å². The molecule has 0 aromatic rings. The van der Waals surface area contributed by atoms with Crippen LogP contribution < -0.4 is 16.0 Å². The lowest BCUT2D eigenvalue weighted by Crippen LogP contribution is -2.57. The number of carboxylic acid groups (broad SMARTS) is 1. The summed E-state index contributed by atoms with van der Waals surface area (Å²) < 4.78 is 0. The van der Waals surface area contributed by atoms with Crippen molar-refractivity contribution < 1.29 is 19.5 Å². The summed E-state index contributed by atoms with van der Waals surface area (Å²) in [5, 5.41) is 16.5. The number of hydrogen-bond acceptors (Lipinski definition) is 3. The van der Waals surface area contributed by atoms with Crippen LogP contribution in [0.15, 0.2) is 0 Å². The van der Waals surface area contributed by atoms with Gasteiger partial charge in [0.1, 0.15) is 11.6 Å². The zero-order valence-electron chi connectivity index (χ0n) is 11.9. The van der Waals surface area contributed by atoms with E-state index in [4.69, 9.17) is 5.11 Å². The van der Waals surface area contributed by atoms with Crippen LogP contribution in [0.25, 0.3) is 0 Å². The maximum atomic E-state index is 11.7. The summed E-state index contributed by atoms with van der Waals surface area (Å²) in [7, 11) is 0. The molecule has 0 bridgehead atoms. The van der Waals surface area contributed by atoms with E-state index in [2.05, 4.69) is 16.0 Å². The van der Waals surface area contributed by atoms with E-state index < -0.39 is 23.6 Å². The van der Waals surface area contributed by atoms with E-state index in [9.17, 15) is 14.4 Å². The van der Waals surface area contributed by atoms with Gasteiger partial charge < -0.3 is 21.1 Å². The van der Waals surface area contributed by atoms with E-state index in [0.29, 0.717) is 19.4 Å². The number of rotatable bonds is 7. The Bertz CT molecular complexity index is 346. The molecule has 4 N–H and O–H groups in total. The van der Waals surface area contributed by atoms with E-state index >= 15 is 0 Å². The summed E-state index contributed by atoms with van der Waals surface area (Å²) in [4.78, 5) is 34.3. The molecule has 19 heavy (non-hydrogen) atoms. The average molecular weight is 273 g/mol. The fourth-order valence-electron chi connectivity index (χ4n) is 1.60. The second-order valence-electron chi connectivity index (χ2n) is 4.60. The van der Waals surface area contributed by atoms with Gasteiger partial charge in [-0.05, 0) is 27.2 Å². The van der Waals surface area contributed by atoms with Crippen molar-refractivity contribution in [3.63, 3.8) is 0 Å². The van der Waals surface area contributed by atoms with Crippen LogP contribution in [0.3, 0.4) is 0 Å². The molecule has 0 fully saturated rings.